The van der Waals surface area contributed by atoms with E-state index in [0.717, 1.165) is 0 Å². The van der Waals surface area contributed by atoms with Gasteiger partial charge < -0.3 is 0 Å². The van der Waals surface area contributed by atoms with E-state index in [2.05, 4.69) is 0 Å². The van der Waals surface area contributed by atoms with Crippen molar-refractivity contribution in [1.29, 1.82) is 0 Å². The molecule has 0 rings (SSSR count). The van der Waals surface area contributed by atoms with Crippen molar-refractivity contribution < 1.29 is 36.1 Å². The number of nitrogens with two attached hydrogens (primary N) is 2. The number of carbonyl (C=O) groups excluding carboxylic acids is 1. The van der Waals surface area contributed by atoms with Gasteiger partial charge in [-0.2, -0.15) is 0 Å². The van der Waals surface area contributed by atoms with Crippen LogP contribution in [0.4, 0.5) is 0 Å². The normalized spacial score (nSPS) is 19.2. The molecule has 2 unspecified atom stereocenters. The van der Waals surface area contributed by atoms with Gasteiger partial charge in [-0.25, -0.2) is 0 Å². The molecule has 0 aromatic carbocycles. The van der Waals surface area contributed by atoms with Crippen LogP contribution < -0.4 is 11.5 Å². The number of carbonyl (C=O) groups is 1. The summed E-state index contributed by atoms with van der Waals surface area (Å²) in [5.41, 5.74) is 10.5. The Labute approximate surface area is 86.5 Å². The van der Waals surface area contributed by atoms with E-state index in [0.29, 0.717) is 0 Å². The van der Waals surface area contributed by atoms with Crippen LogP contribution in [0, 0.1) is 0 Å². The Morgan fingerprint density at radius 2 is 1.85 bits per heavy atom. The third-order valence-corrected chi connectivity index (χ3v) is 6.34. The average Bonchev–Trinajstić information content (AvgIpc) is 1.98. The number of hydrogen-bond acceptors (Lipinski definition) is 5. The summed E-state index contributed by atoms with van der Waals surface area (Å²) in [7, 11) is -4.23. The van der Waals surface area contributed by atoms with Crippen LogP contribution in [0.5, 0.6) is 0 Å². The first-order chi connectivity index (χ1) is 5.68. The summed E-state index contributed by atoms with van der Waals surface area (Å²) in [6.45, 7) is 1.42. The summed E-state index contributed by atoms with van der Waals surface area (Å²) in [6, 6.07) is -2.04. The van der Waals surface area contributed by atoms with Gasteiger partial charge in [0.1, 0.15) is 0 Å². The van der Waals surface area contributed by atoms with Gasteiger partial charge in [0.2, 0.25) is 0 Å². The van der Waals surface area contributed by atoms with Gasteiger partial charge in [0, 0.05) is 0 Å². The number of rotatable bonds is 4. The molecular formula is C5H11N2O4SZn. The number of hydrogen-bond donors (Lipinski definition) is 3. The first-order valence-corrected chi connectivity index (χ1v) is 6.73. The Morgan fingerprint density at radius 3 is 2.08 bits per heavy atom. The SMILES string of the molecule is C[C@H](N)C(=O)C(N)[CH]([Zn])S(=O)(=O)O. The summed E-state index contributed by atoms with van der Waals surface area (Å²) < 4.78 is 28.6. The van der Waals surface area contributed by atoms with Crippen molar-refractivity contribution in [2.75, 3.05) is 0 Å². The zero-order chi connectivity index (χ0) is 10.8. The second-order valence-electron chi connectivity index (χ2n) is 2.77. The first kappa shape index (κ1) is 13.1. The van der Waals surface area contributed by atoms with E-state index in [1.54, 1.807) is 0 Å². The van der Waals surface area contributed by atoms with Gasteiger partial charge in [0.25, 0.3) is 0 Å². The van der Waals surface area contributed by atoms with Crippen molar-refractivity contribution >= 4 is 15.9 Å². The minimum atomic E-state index is -4.23. The molecule has 0 saturated heterocycles. The Balaban J connectivity index is 4.63. The number of ketones is 1. The second-order valence-corrected chi connectivity index (χ2v) is 7.49. The predicted octanol–water partition coefficient (Wildman–Crippen LogP) is -2.01. The van der Waals surface area contributed by atoms with Crippen molar-refractivity contribution in [2.45, 2.75) is 22.9 Å². The van der Waals surface area contributed by atoms with Gasteiger partial charge in [0.15, 0.2) is 0 Å². The van der Waals surface area contributed by atoms with Crippen LogP contribution in [0.1, 0.15) is 6.92 Å². The Hall–Kier alpha value is 0.123. The topological polar surface area (TPSA) is 123 Å². The van der Waals surface area contributed by atoms with Crippen molar-refractivity contribution in [3.63, 3.8) is 0 Å². The molecule has 0 spiro atoms. The van der Waals surface area contributed by atoms with Crippen LogP contribution in [0.15, 0.2) is 0 Å². The Bertz CT molecular complexity index is 289. The monoisotopic (exact) mass is 259 g/mol. The summed E-state index contributed by atoms with van der Waals surface area (Å²) in [6.07, 6.45) is 0. The predicted molar refractivity (Wildman–Crippen MR) is 42.0 cm³/mol. The summed E-state index contributed by atoms with van der Waals surface area (Å²) in [5.74, 6) is -0.561. The zero-order valence-corrected chi connectivity index (χ0v) is 11.0. The molecule has 0 aliphatic rings. The molecular weight excluding hydrogens is 250 g/mol. The maximum atomic E-state index is 11.1. The summed E-state index contributed by atoms with van der Waals surface area (Å²) in [5, 5.41) is 0. The van der Waals surface area contributed by atoms with Crippen LogP contribution in [-0.2, 0) is 33.2 Å². The maximum absolute atomic E-state index is 11.1. The molecule has 5 N–H and O–H groups in total. The Kier molecular flexibility index (Phi) is 4.61. The van der Waals surface area contributed by atoms with Crippen molar-refractivity contribution in [2.24, 2.45) is 11.5 Å². The fourth-order valence-corrected chi connectivity index (χ4v) is 1.66. The molecule has 0 radical (unpaired) electrons. The number of Topliss-reactive ketones (excluding diaryl/α,β-unsaturated/α-hetero) is 1. The molecule has 8 heteroatoms. The quantitative estimate of drug-likeness (QED) is 0.396. The zero-order valence-electron chi connectivity index (χ0n) is 7.17. The molecule has 0 aliphatic heterocycles. The fraction of sp³-hybridized carbons (Fsp3) is 0.800. The molecule has 73 valence electrons. The fourth-order valence-electron chi connectivity index (χ4n) is 0.672. The van der Waals surface area contributed by atoms with Gasteiger partial charge in [0.05, 0.1) is 0 Å². The molecule has 0 heterocycles. The van der Waals surface area contributed by atoms with Crippen molar-refractivity contribution in [3.8, 4) is 0 Å². The van der Waals surface area contributed by atoms with Gasteiger partial charge in [-0.3, -0.25) is 0 Å². The van der Waals surface area contributed by atoms with Crippen LogP contribution in [0.3, 0.4) is 0 Å². The van der Waals surface area contributed by atoms with Gasteiger partial charge in [-0.05, 0) is 0 Å². The van der Waals surface area contributed by atoms with Crippen molar-refractivity contribution in [3.05, 3.63) is 0 Å². The molecule has 13 heavy (non-hydrogen) atoms. The van der Waals surface area contributed by atoms with E-state index in [1.807, 2.05) is 0 Å². The van der Waals surface area contributed by atoms with Crippen LogP contribution in [0.25, 0.3) is 0 Å². The van der Waals surface area contributed by atoms with Crippen LogP contribution in [0.2, 0.25) is 0 Å². The van der Waals surface area contributed by atoms with E-state index < -0.39 is 31.8 Å². The van der Waals surface area contributed by atoms with E-state index >= 15 is 0 Å². The summed E-state index contributed by atoms with van der Waals surface area (Å²) >= 11 is 0.193. The third kappa shape index (κ3) is 3.78. The van der Waals surface area contributed by atoms with Crippen LogP contribution in [-0.4, -0.2) is 34.7 Å². The van der Waals surface area contributed by atoms with E-state index in [9.17, 15) is 13.2 Å². The minimum absolute atomic E-state index is 0.193. The molecule has 3 atom stereocenters. The molecule has 0 aliphatic carbocycles. The molecule has 0 aromatic rings. The molecule has 0 saturated carbocycles. The molecule has 0 fully saturated rings. The van der Waals surface area contributed by atoms with Gasteiger partial charge in [-0.1, -0.05) is 0 Å². The third-order valence-electron chi connectivity index (χ3n) is 1.56. The second kappa shape index (κ2) is 4.57. The molecule has 0 aromatic heterocycles. The van der Waals surface area contributed by atoms with E-state index in [4.69, 9.17) is 16.0 Å². The first-order valence-electron chi connectivity index (χ1n) is 3.52. The summed E-state index contributed by atoms with van der Waals surface area (Å²) in [4.78, 5) is 11.1. The Morgan fingerprint density at radius 1 is 1.46 bits per heavy atom. The molecule has 0 bridgehead atoms. The standard InChI is InChI=1S/C5H11N2O4S.Zn/c1-3(6)5(8)4(7)2-12(9,10)11;/h2-4H,6-7H2,1H3,(H,9,10,11);/t3-,4?;/m0./s1. The molecule has 0 amide bonds. The van der Waals surface area contributed by atoms with E-state index in [-0.39, 0.29) is 18.3 Å². The van der Waals surface area contributed by atoms with Gasteiger partial charge in [-0.15, -0.1) is 0 Å². The van der Waals surface area contributed by atoms with Crippen molar-refractivity contribution in [1.82, 2.24) is 0 Å². The van der Waals surface area contributed by atoms with Gasteiger partial charge >= 0.3 is 86.3 Å². The van der Waals surface area contributed by atoms with E-state index in [1.165, 1.54) is 6.92 Å². The molecule has 6 nitrogen and oxygen atoms in total. The van der Waals surface area contributed by atoms with Crippen LogP contribution >= 0.6 is 0 Å². The average molecular weight is 261 g/mol.